The number of rotatable bonds is 4. The maximum atomic E-state index is 12.7. The summed E-state index contributed by atoms with van der Waals surface area (Å²) >= 11 is 3.76. The molecule has 20 heavy (non-hydrogen) atoms. The third kappa shape index (κ3) is 2.76. The SMILES string of the molecule is CC(C)C1NC(c2cccs2)N(CC2CCCS2)C1=O. The minimum Gasteiger partial charge on any atom is -0.320 e. The van der Waals surface area contributed by atoms with E-state index in [4.69, 9.17) is 0 Å². The third-order valence-electron chi connectivity index (χ3n) is 4.10. The quantitative estimate of drug-likeness (QED) is 0.927. The molecule has 2 aliphatic rings. The number of thioether (sulfide) groups is 1. The van der Waals surface area contributed by atoms with Crippen molar-refractivity contribution >= 4 is 29.0 Å². The topological polar surface area (TPSA) is 32.3 Å². The van der Waals surface area contributed by atoms with Crippen LogP contribution in [0.4, 0.5) is 0 Å². The number of thiophene rings is 1. The molecule has 3 unspecified atom stereocenters. The summed E-state index contributed by atoms with van der Waals surface area (Å²) in [5.41, 5.74) is 0. The van der Waals surface area contributed by atoms with Crippen LogP contribution in [-0.2, 0) is 4.79 Å². The molecule has 110 valence electrons. The molecule has 3 rings (SSSR count). The molecule has 1 aromatic heterocycles. The van der Waals surface area contributed by atoms with Gasteiger partial charge in [-0.25, -0.2) is 0 Å². The van der Waals surface area contributed by atoms with Crippen LogP contribution < -0.4 is 5.32 Å². The Labute approximate surface area is 129 Å². The highest BCUT2D eigenvalue weighted by atomic mass is 32.2. The number of nitrogens with zero attached hydrogens (tertiary/aromatic N) is 1. The zero-order chi connectivity index (χ0) is 14.1. The van der Waals surface area contributed by atoms with E-state index < -0.39 is 0 Å². The van der Waals surface area contributed by atoms with E-state index in [1.165, 1.54) is 23.5 Å². The molecular weight excluding hydrogens is 288 g/mol. The highest BCUT2D eigenvalue weighted by molar-refractivity contribution is 8.00. The first kappa shape index (κ1) is 14.4. The second-order valence-corrected chi connectivity index (χ2v) is 8.32. The lowest BCUT2D eigenvalue weighted by atomic mass is 10.1. The number of hydrogen-bond donors (Lipinski definition) is 1. The van der Waals surface area contributed by atoms with Crippen molar-refractivity contribution in [1.29, 1.82) is 0 Å². The van der Waals surface area contributed by atoms with E-state index >= 15 is 0 Å². The Kier molecular flexibility index (Phi) is 4.38. The molecule has 2 aliphatic heterocycles. The van der Waals surface area contributed by atoms with Crippen LogP contribution in [0.1, 0.15) is 37.7 Å². The van der Waals surface area contributed by atoms with Crippen LogP contribution in [0, 0.1) is 5.92 Å². The number of carbonyl (C=O) groups excluding carboxylic acids is 1. The average Bonchev–Trinajstić information content (AvgIpc) is 3.13. The molecule has 0 bridgehead atoms. The van der Waals surface area contributed by atoms with Gasteiger partial charge in [0.2, 0.25) is 5.91 Å². The average molecular weight is 310 g/mol. The van der Waals surface area contributed by atoms with Gasteiger partial charge in [-0.2, -0.15) is 11.8 Å². The summed E-state index contributed by atoms with van der Waals surface area (Å²) in [6, 6.07) is 4.17. The molecular formula is C15H22N2OS2. The smallest absolute Gasteiger partial charge is 0.241 e. The fourth-order valence-electron chi connectivity index (χ4n) is 3.00. The lowest BCUT2D eigenvalue weighted by Gasteiger charge is -2.26. The highest BCUT2D eigenvalue weighted by Gasteiger charge is 2.42. The van der Waals surface area contributed by atoms with E-state index in [0.717, 1.165) is 6.54 Å². The summed E-state index contributed by atoms with van der Waals surface area (Å²) in [6.07, 6.45) is 2.62. The minimum absolute atomic E-state index is 0.0338. The zero-order valence-corrected chi connectivity index (χ0v) is 13.7. The molecule has 3 heterocycles. The third-order valence-corrected chi connectivity index (χ3v) is 6.41. The summed E-state index contributed by atoms with van der Waals surface area (Å²) in [5, 5.41) is 6.25. The number of nitrogens with one attached hydrogen (secondary N) is 1. The molecule has 1 N–H and O–H groups in total. The van der Waals surface area contributed by atoms with Crippen molar-refractivity contribution in [3.05, 3.63) is 22.4 Å². The van der Waals surface area contributed by atoms with Gasteiger partial charge in [0.1, 0.15) is 6.17 Å². The number of carbonyl (C=O) groups is 1. The lowest BCUT2D eigenvalue weighted by molar-refractivity contribution is -0.130. The predicted octanol–water partition coefficient (Wildman–Crippen LogP) is 3.10. The second-order valence-electron chi connectivity index (χ2n) is 5.93. The predicted molar refractivity (Wildman–Crippen MR) is 86.0 cm³/mol. The Bertz CT molecular complexity index is 454. The van der Waals surface area contributed by atoms with Gasteiger partial charge in [-0.3, -0.25) is 10.1 Å². The van der Waals surface area contributed by atoms with E-state index in [1.54, 1.807) is 11.3 Å². The maximum absolute atomic E-state index is 12.7. The Hall–Kier alpha value is -0.520. The van der Waals surface area contributed by atoms with Gasteiger partial charge in [0, 0.05) is 16.7 Å². The van der Waals surface area contributed by atoms with Crippen LogP contribution in [0.25, 0.3) is 0 Å². The first-order chi connectivity index (χ1) is 9.66. The largest absolute Gasteiger partial charge is 0.320 e. The molecule has 0 radical (unpaired) electrons. The monoisotopic (exact) mass is 310 g/mol. The molecule has 1 aromatic rings. The first-order valence-corrected chi connectivity index (χ1v) is 9.31. The van der Waals surface area contributed by atoms with E-state index in [1.807, 2.05) is 11.8 Å². The van der Waals surface area contributed by atoms with Crippen molar-refractivity contribution < 1.29 is 4.79 Å². The Morgan fingerprint density at radius 3 is 2.95 bits per heavy atom. The van der Waals surface area contributed by atoms with Gasteiger partial charge >= 0.3 is 0 Å². The molecule has 0 saturated carbocycles. The van der Waals surface area contributed by atoms with Crippen molar-refractivity contribution in [3.8, 4) is 0 Å². The van der Waals surface area contributed by atoms with Crippen LogP contribution in [0.5, 0.6) is 0 Å². The van der Waals surface area contributed by atoms with Crippen molar-refractivity contribution in [2.24, 2.45) is 5.92 Å². The van der Waals surface area contributed by atoms with Gasteiger partial charge < -0.3 is 4.90 Å². The molecule has 3 nitrogen and oxygen atoms in total. The number of amides is 1. The van der Waals surface area contributed by atoms with E-state index in [-0.39, 0.29) is 18.1 Å². The number of hydrogen-bond acceptors (Lipinski definition) is 4. The molecule has 1 amide bonds. The maximum Gasteiger partial charge on any atom is 0.241 e. The molecule has 0 spiro atoms. The highest BCUT2D eigenvalue weighted by Crippen LogP contribution is 2.34. The summed E-state index contributed by atoms with van der Waals surface area (Å²) in [4.78, 5) is 16.0. The molecule has 2 saturated heterocycles. The Balaban J connectivity index is 1.80. The molecule has 5 heteroatoms. The van der Waals surface area contributed by atoms with Crippen molar-refractivity contribution in [2.75, 3.05) is 12.3 Å². The molecule has 2 fully saturated rings. The molecule has 0 aliphatic carbocycles. The normalized spacial score (nSPS) is 30.6. The summed E-state index contributed by atoms with van der Waals surface area (Å²) < 4.78 is 0. The fourth-order valence-corrected chi connectivity index (χ4v) is 5.06. The fraction of sp³-hybridized carbons (Fsp3) is 0.667. The van der Waals surface area contributed by atoms with Crippen molar-refractivity contribution in [1.82, 2.24) is 10.2 Å². The zero-order valence-electron chi connectivity index (χ0n) is 12.0. The minimum atomic E-state index is -0.0338. The Morgan fingerprint density at radius 1 is 1.50 bits per heavy atom. The van der Waals surface area contributed by atoms with Crippen LogP contribution >= 0.6 is 23.1 Å². The van der Waals surface area contributed by atoms with Gasteiger partial charge in [-0.15, -0.1) is 11.3 Å². The van der Waals surface area contributed by atoms with Gasteiger partial charge in [-0.1, -0.05) is 19.9 Å². The van der Waals surface area contributed by atoms with Crippen LogP contribution in [0.3, 0.4) is 0 Å². The van der Waals surface area contributed by atoms with Crippen molar-refractivity contribution in [3.63, 3.8) is 0 Å². The molecule has 3 atom stereocenters. The van der Waals surface area contributed by atoms with Crippen LogP contribution in [0.2, 0.25) is 0 Å². The second kappa shape index (κ2) is 6.08. The van der Waals surface area contributed by atoms with E-state index in [2.05, 4.69) is 41.6 Å². The van der Waals surface area contributed by atoms with Crippen molar-refractivity contribution in [2.45, 2.75) is 44.1 Å². The van der Waals surface area contributed by atoms with Gasteiger partial charge in [0.15, 0.2) is 0 Å². The lowest BCUT2D eigenvalue weighted by Crippen LogP contribution is -2.37. The first-order valence-electron chi connectivity index (χ1n) is 7.38. The Morgan fingerprint density at radius 2 is 2.35 bits per heavy atom. The van der Waals surface area contributed by atoms with Gasteiger partial charge in [0.05, 0.1) is 6.04 Å². The van der Waals surface area contributed by atoms with Gasteiger partial charge in [0.25, 0.3) is 0 Å². The molecule has 0 aromatic carbocycles. The standard InChI is InChI=1S/C15H22N2OS2/c1-10(2)13-15(18)17(9-11-5-3-7-19-11)14(16-13)12-6-4-8-20-12/h4,6,8,10-11,13-14,16H,3,5,7,9H2,1-2H3. The van der Waals surface area contributed by atoms with E-state index in [0.29, 0.717) is 11.2 Å². The summed E-state index contributed by atoms with van der Waals surface area (Å²) in [6.45, 7) is 5.13. The summed E-state index contributed by atoms with van der Waals surface area (Å²) in [7, 11) is 0. The summed E-state index contributed by atoms with van der Waals surface area (Å²) in [5.74, 6) is 1.87. The van der Waals surface area contributed by atoms with Crippen LogP contribution in [0.15, 0.2) is 17.5 Å². The van der Waals surface area contributed by atoms with Crippen LogP contribution in [-0.4, -0.2) is 34.4 Å². The van der Waals surface area contributed by atoms with Gasteiger partial charge in [-0.05, 0) is 36.0 Å². The van der Waals surface area contributed by atoms with E-state index in [9.17, 15) is 4.79 Å².